The number of carbonyl (C=O) groups is 1. The minimum atomic E-state index is -3.35. The number of rotatable bonds is 9. The van der Waals surface area contributed by atoms with Crippen LogP contribution in [0.2, 0.25) is 0 Å². The third kappa shape index (κ3) is 5.31. The number of aryl methyl sites for hydroxylation is 1. The summed E-state index contributed by atoms with van der Waals surface area (Å²) in [5.41, 5.74) is 0.985. The SMILES string of the molecule is CCCCCNC(=O)CCc1ccc(S(=O)(=O)N2CCCC2)cc1. The molecule has 1 amide bonds. The minimum Gasteiger partial charge on any atom is -0.356 e. The summed E-state index contributed by atoms with van der Waals surface area (Å²) in [6, 6.07) is 6.94. The smallest absolute Gasteiger partial charge is 0.243 e. The molecule has 1 aliphatic heterocycles. The van der Waals surface area contributed by atoms with Crippen LogP contribution in [0, 0.1) is 0 Å². The van der Waals surface area contributed by atoms with Crippen LogP contribution in [0.5, 0.6) is 0 Å². The van der Waals surface area contributed by atoms with E-state index in [-0.39, 0.29) is 5.91 Å². The fourth-order valence-corrected chi connectivity index (χ4v) is 4.37. The molecule has 0 spiro atoms. The topological polar surface area (TPSA) is 66.5 Å². The lowest BCUT2D eigenvalue weighted by Crippen LogP contribution is -2.27. The van der Waals surface area contributed by atoms with Crippen molar-refractivity contribution in [1.82, 2.24) is 9.62 Å². The molecule has 134 valence electrons. The van der Waals surface area contributed by atoms with Crippen LogP contribution < -0.4 is 5.32 Å². The van der Waals surface area contributed by atoms with E-state index in [4.69, 9.17) is 0 Å². The van der Waals surface area contributed by atoms with E-state index in [1.807, 2.05) is 12.1 Å². The Bertz CT molecular complexity index is 620. The molecule has 0 unspecified atom stereocenters. The largest absolute Gasteiger partial charge is 0.356 e. The van der Waals surface area contributed by atoms with Gasteiger partial charge in [-0.25, -0.2) is 8.42 Å². The van der Waals surface area contributed by atoms with E-state index in [0.29, 0.717) is 30.8 Å². The fourth-order valence-electron chi connectivity index (χ4n) is 2.85. The molecule has 24 heavy (non-hydrogen) atoms. The summed E-state index contributed by atoms with van der Waals surface area (Å²) in [7, 11) is -3.35. The molecule has 5 nitrogen and oxygen atoms in total. The highest BCUT2D eigenvalue weighted by Gasteiger charge is 2.26. The third-order valence-electron chi connectivity index (χ3n) is 4.37. The average molecular weight is 353 g/mol. The highest BCUT2D eigenvalue weighted by Crippen LogP contribution is 2.21. The maximum Gasteiger partial charge on any atom is 0.243 e. The lowest BCUT2D eigenvalue weighted by atomic mass is 10.1. The van der Waals surface area contributed by atoms with Gasteiger partial charge in [0.15, 0.2) is 0 Å². The van der Waals surface area contributed by atoms with Gasteiger partial charge in [0.2, 0.25) is 15.9 Å². The van der Waals surface area contributed by atoms with Crippen molar-refractivity contribution in [3.05, 3.63) is 29.8 Å². The Morgan fingerprint density at radius 2 is 1.79 bits per heavy atom. The van der Waals surface area contributed by atoms with Gasteiger partial charge in [-0.15, -0.1) is 0 Å². The molecule has 0 radical (unpaired) electrons. The summed E-state index contributed by atoms with van der Waals surface area (Å²) in [5.74, 6) is 0.0554. The van der Waals surface area contributed by atoms with Crippen LogP contribution in [0.25, 0.3) is 0 Å². The summed E-state index contributed by atoms with van der Waals surface area (Å²) in [6.45, 7) is 4.10. The first kappa shape index (κ1) is 18.9. The number of sulfonamides is 1. The Kier molecular flexibility index (Phi) is 7.24. The number of amides is 1. The van der Waals surface area contributed by atoms with Gasteiger partial charge >= 0.3 is 0 Å². The molecule has 1 aliphatic rings. The van der Waals surface area contributed by atoms with Crippen molar-refractivity contribution < 1.29 is 13.2 Å². The van der Waals surface area contributed by atoms with E-state index in [1.54, 1.807) is 16.4 Å². The lowest BCUT2D eigenvalue weighted by molar-refractivity contribution is -0.121. The van der Waals surface area contributed by atoms with Crippen LogP contribution in [0.3, 0.4) is 0 Å². The van der Waals surface area contributed by atoms with Gasteiger partial charge in [0.05, 0.1) is 4.90 Å². The van der Waals surface area contributed by atoms with E-state index in [2.05, 4.69) is 12.2 Å². The molecule has 0 bridgehead atoms. The van der Waals surface area contributed by atoms with Gasteiger partial charge in [0.25, 0.3) is 0 Å². The molecular formula is C18H28N2O3S. The molecule has 0 saturated carbocycles. The summed E-state index contributed by atoms with van der Waals surface area (Å²) in [4.78, 5) is 12.1. The molecular weight excluding hydrogens is 324 g/mol. The van der Waals surface area contributed by atoms with E-state index in [1.165, 1.54) is 0 Å². The van der Waals surface area contributed by atoms with Crippen molar-refractivity contribution in [3.8, 4) is 0 Å². The summed E-state index contributed by atoms with van der Waals surface area (Å²) < 4.78 is 26.4. The average Bonchev–Trinajstić information content (AvgIpc) is 3.13. The first-order chi connectivity index (χ1) is 11.5. The number of hydrogen-bond donors (Lipinski definition) is 1. The molecule has 1 aromatic rings. The van der Waals surface area contributed by atoms with Crippen LogP contribution in [0.1, 0.15) is 51.0 Å². The van der Waals surface area contributed by atoms with Crippen molar-refractivity contribution in [2.75, 3.05) is 19.6 Å². The zero-order chi connectivity index (χ0) is 17.4. The fraction of sp³-hybridized carbons (Fsp3) is 0.611. The standard InChI is InChI=1S/C18H28N2O3S/c1-2-3-4-13-19-18(21)12-9-16-7-10-17(11-8-16)24(22,23)20-14-5-6-15-20/h7-8,10-11H,2-6,9,12-15H2,1H3,(H,19,21). The first-order valence-corrected chi connectivity index (χ1v) is 10.3. The van der Waals surface area contributed by atoms with Crippen LogP contribution >= 0.6 is 0 Å². The van der Waals surface area contributed by atoms with Gasteiger partial charge in [0.1, 0.15) is 0 Å². The van der Waals surface area contributed by atoms with Crippen molar-refractivity contribution in [3.63, 3.8) is 0 Å². The Morgan fingerprint density at radius 1 is 1.12 bits per heavy atom. The quantitative estimate of drug-likeness (QED) is 0.695. The normalized spacial score (nSPS) is 15.5. The molecule has 1 fully saturated rings. The predicted molar refractivity (Wildman–Crippen MR) is 95.3 cm³/mol. The second-order valence-electron chi connectivity index (χ2n) is 6.31. The molecule has 2 rings (SSSR count). The molecule has 1 heterocycles. The molecule has 0 aromatic heterocycles. The Morgan fingerprint density at radius 3 is 2.42 bits per heavy atom. The second-order valence-corrected chi connectivity index (χ2v) is 8.25. The molecule has 1 saturated heterocycles. The molecule has 6 heteroatoms. The van der Waals surface area contributed by atoms with Crippen LogP contribution in [0.15, 0.2) is 29.2 Å². The van der Waals surface area contributed by atoms with Crippen molar-refractivity contribution in [2.45, 2.75) is 56.8 Å². The summed E-state index contributed by atoms with van der Waals surface area (Å²) in [5, 5.41) is 2.92. The highest BCUT2D eigenvalue weighted by molar-refractivity contribution is 7.89. The van der Waals surface area contributed by atoms with Gasteiger partial charge < -0.3 is 5.32 Å². The maximum absolute atomic E-state index is 12.4. The van der Waals surface area contributed by atoms with Gasteiger partial charge in [-0.3, -0.25) is 4.79 Å². The summed E-state index contributed by atoms with van der Waals surface area (Å²) in [6.07, 6.45) is 6.23. The van der Waals surface area contributed by atoms with E-state index in [9.17, 15) is 13.2 Å². The van der Waals surface area contributed by atoms with Crippen LogP contribution in [-0.2, 0) is 21.2 Å². The number of benzene rings is 1. The molecule has 1 N–H and O–H groups in total. The first-order valence-electron chi connectivity index (χ1n) is 8.90. The van der Waals surface area contributed by atoms with Gasteiger partial charge in [-0.05, 0) is 43.4 Å². The lowest BCUT2D eigenvalue weighted by Gasteiger charge is -2.15. The van der Waals surface area contributed by atoms with Gasteiger partial charge in [-0.1, -0.05) is 31.9 Å². The predicted octanol–water partition coefficient (Wildman–Crippen LogP) is 2.71. The Labute approximate surface area is 145 Å². The van der Waals surface area contributed by atoms with Gasteiger partial charge in [-0.2, -0.15) is 4.31 Å². The molecule has 1 aromatic carbocycles. The zero-order valence-corrected chi connectivity index (χ0v) is 15.3. The van der Waals surface area contributed by atoms with E-state index >= 15 is 0 Å². The van der Waals surface area contributed by atoms with Crippen LogP contribution in [0.4, 0.5) is 0 Å². The number of carbonyl (C=O) groups excluding carboxylic acids is 1. The Hall–Kier alpha value is -1.40. The van der Waals surface area contributed by atoms with Crippen molar-refractivity contribution in [2.24, 2.45) is 0 Å². The zero-order valence-electron chi connectivity index (χ0n) is 14.5. The summed E-state index contributed by atoms with van der Waals surface area (Å²) >= 11 is 0. The highest BCUT2D eigenvalue weighted by atomic mass is 32.2. The van der Waals surface area contributed by atoms with Crippen LogP contribution in [-0.4, -0.2) is 38.3 Å². The number of nitrogens with zero attached hydrogens (tertiary/aromatic N) is 1. The van der Waals surface area contributed by atoms with Gasteiger partial charge in [0, 0.05) is 26.1 Å². The monoisotopic (exact) mass is 352 g/mol. The van der Waals surface area contributed by atoms with Crippen molar-refractivity contribution >= 4 is 15.9 Å². The van der Waals surface area contributed by atoms with E-state index in [0.717, 1.165) is 44.2 Å². The minimum absolute atomic E-state index is 0.0554. The third-order valence-corrected chi connectivity index (χ3v) is 6.28. The second kappa shape index (κ2) is 9.18. The number of nitrogens with one attached hydrogen (secondary N) is 1. The number of unbranched alkanes of at least 4 members (excludes halogenated alkanes) is 2. The maximum atomic E-state index is 12.4. The molecule has 0 atom stereocenters. The number of hydrogen-bond acceptors (Lipinski definition) is 3. The molecule has 0 aliphatic carbocycles. The Balaban J connectivity index is 1.82. The van der Waals surface area contributed by atoms with Crippen molar-refractivity contribution in [1.29, 1.82) is 0 Å². The van der Waals surface area contributed by atoms with E-state index < -0.39 is 10.0 Å².